The van der Waals surface area contributed by atoms with E-state index in [1.165, 1.54) is 4.31 Å². The van der Waals surface area contributed by atoms with Crippen molar-refractivity contribution in [1.82, 2.24) is 19.9 Å². The molecule has 0 bridgehead atoms. The molecule has 0 radical (unpaired) electrons. The number of aliphatic hydroxyl groups excluding tert-OH is 1. The first-order valence-corrected chi connectivity index (χ1v) is 15.9. The largest absolute Gasteiger partial charge is 0.390 e. The van der Waals surface area contributed by atoms with Gasteiger partial charge < -0.3 is 15.7 Å². The Morgan fingerprint density at radius 1 is 1.10 bits per heavy atom. The fourth-order valence-corrected chi connectivity index (χ4v) is 6.87. The Bertz CT molecular complexity index is 1120. The van der Waals surface area contributed by atoms with Gasteiger partial charge in [0.2, 0.25) is 15.9 Å². The summed E-state index contributed by atoms with van der Waals surface area (Å²) in [6.07, 6.45) is 2.58. The van der Waals surface area contributed by atoms with Crippen LogP contribution >= 0.6 is 11.3 Å². The highest BCUT2D eigenvalue weighted by Crippen LogP contribution is 2.17. The average molecular weight is 589 g/mol. The van der Waals surface area contributed by atoms with Crippen molar-refractivity contribution in [3.63, 3.8) is 0 Å². The zero-order valence-corrected chi connectivity index (χ0v) is 24.9. The number of thiazole rings is 1. The third-order valence-corrected chi connectivity index (χ3v) is 8.84. The summed E-state index contributed by atoms with van der Waals surface area (Å²) in [7, 11) is -3.62. The smallest absolute Gasteiger partial charge is 0.221 e. The Morgan fingerprint density at radius 2 is 1.74 bits per heavy atom. The molecule has 1 amide bonds. The third kappa shape index (κ3) is 12.0. The lowest BCUT2D eigenvalue weighted by molar-refractivity contribution is -0.122. The van der Waals surface area contributed by atoms with Crippen LogP contribution in [0.4, 0.5) is 8.78 Å². The number of amides is 1. The zero-order valence-electron chi connectivity index (χ0n) is 23.3. The van der Waals surface area contributed by atoms with E-state index in [2.05, 4.69) is 29.5 Å². The molecule has 2 aromatic rings. The minimum Gasteiger partial charge on any atom is -0.390 e. The molecule has 0 unspecified atom stereocenters. The normalized spacial score (nSPS) is 13.7. The third-order valence-electron chi connectivity index (χ3n) is 5.95. The number of nitrogens with zero attached hydrogens (tertiary/aromatic N) is 2. The van der Waals surface area contributed by atoms with Crippen LogP contribution in [0.25, 0.3) is 0 Å². The van der Waals surface area contributed by atoms with Crippen molar-refractivity contribution >= 4 is 27.3 Å². The van der Waals surface area contributed by atoms with Crippen LogP contribution in [0.1, 0.15) is 62.4 Å². The summed E-state index contributed by atoms with van der Waals surface area (Å²) in [4.78, 5) is 18.2. The Balaban J connectivity index is 2.04. The molecular formula is C27H42F2N4O4S2. The van der Waals surface area contributed by atoms with Gasteiger partial charge in [0, 0.05) is 56.2 Å². The van der Waals surface area contributed by atoms with E-state index in [1.54, 1.807) is 17.5 Å². The van der Waals surface area contributed by atoms with Gasteiger partial charge in [-0.2, -0.15) is 0 Å². The van der Waals surface area contributed by atoms with E-state index in [9.17, 15) is 27.1 Å². The Labute approximate surface area is 235 Å². The van der Waals surface area contributed by atoms with Gasteiger partial charge in [0.15, 0.2) is 0 Å². The van der Waals surface area contributed by atoms with Crippen molar-refractivity contribution < 1.29 is 27.1 Å². The lowest BCUT2D eigenvalue weighted by Gasteiger charge is -2.25. The van der Waals surface area contributed by atoms with Crippen LogP contribution in [0.15, 0.2) is 24.4 Å². The molecule has 0 saturated heterocycles. The lowest BCUT2D eigenvalue weighted by Crippen LogP contribution is -2.49. The molecule has 0 aliphatic carbocycles. The van der Waals surface area contributed by atoms with Gasteiger partial charge in [0.1, 0.15) is 11.6 Å². The molecule has 1 heterocycles. The van der Waals surface area contributed by atoms with Crippen molar-refractivity contribution in [3.05, 3.63) is 51.5 Å². The summed E-state index contributed by atoms with van der Waals surface area (Å²) in [5.74, 6) is -1.95. The van der Waals surface area contributed by atoms with Gasteiger partial charge in [-0.05, 0) is 42.9 Å². The topological polar surface area (TPSA) is 112 Å². The summed E-state index contributed by atoms with van der Waals surface area (Å²) < 4.78 is 54.4. The molecule has 39 heavy (non-hydrogen) atoms. The molecule has 0 saturated carbocycles. The highest BCUT2D eigenvalue weighted by molar-refractivity contribution is 7.89. The molecule has 2 atom stereocenters. The first kappa shape index (κ1) is 33.2. The number of aromatic nitrogens is 1. The molecule has 1 aromatic carbocycles. The van der Waals surface area contributed by atoms with Crippen molar-refractivity contribution in [3.8, 4) is 0 Å². The number of rotatable bonds is 18. The van der Waals surface area contributed by atoms with Crippen LogP contribution in [-0.2, 0) is 34.2 Å². The van der Waals surface area contributed by atoms with Gasteiger partial charge in [0.05, 0.1) is 22.9 Å². The van der Waals surface area contributed by atoms with Gasteiger partial charge >= 0.3 is 0 Å². The van der Waals surface area contributed by atoms with Gasteiger partial charge in [-0.25, -0.2) is 26.5 Å². The number of carbonyl (C=O) groups excluding carboxylic acids is 1. The van der Waals surface area contributed by atoms with Crippen LogP contribution in [0.3, 0.4) is 0 Å². The molecule has 0 fully saturated rings. The highest BCUT2D eigenvalue weighted by Gasteiger charge is 2.25. The molecular weight excluding hydrogens is 546 g/mol. The van der Waals surface area contributed by atoms with E-state index in [-0.39, 0.29) is 30.7 Å². The minimum atomic E-state index is -3.62. The van der Waals surface area contributed by atoms with Crippen molar-refractivity contribution in [1.29, 1.82) is 0 Å². The van der Waals surface area contributed by atoms with E-state index >= 15 is 0 Å². The summed E-state index contributed by atoms with van der Waals surface area (Å²) >= 11 is 1.59. The van der Waals surface area contributed by atoms with Crippen molar-refractivity contribution in [2.45, 2.75) is 78.5 Å². The number of sulfonamides is 1. The van der Waals surface area contributed by atoms with E-state index in [0.717, 1.165) is 34.5 Å². The summed E-state index contributed by atoms with van der Waals surface area (Å²) in [6, 6.07) is 2.15. The Kier molecular flexibility index (Phi) is 13.9. The average Bonchev–Trinajstić information content (AvgIpc) is 3.28. The molecule has 0 spiro atoms. The van der Waals surface area contributed by atoms with Gasteiger partial charge in [-0.15, -0.1) is 11.3 Å². The Morgan fingerprint density at radius 3 is 2.33 bits per heavy atom. The predicted octanol–water partition coefficient (Wildman–Crippen LogP) is 3.64. The molecule has 0 aliphatic heterocycles. The first-order chi connectivity index (χ1) is 18.4. The van der Waals surface area contributed by atoms with Crippen LogP contribution < -0.4 is 10.6 Å². The summed E-state index contributed by atoms with van der Waals surface area (Å²) in [6.45, 7) is 9.35. The van der Waals surface area contributed by atoms with Crippen LogP contribution in [0, 0.1) is 17.6 Å². The standard InChI is InChI=1S/C27H42F2N4O4S2/c1-5-8-33(9-6-2)39(36,37)10-7-26(35)32-24(14-20-12-21(28)15-22(29)13-20)25(34)18-30-16-23-17-31-27(38-23)11-19(3)4/h12-13,15,17,19,24-25,30,34H,5-11,14,16,18H2,1-4H3,(H,32,35)/t24-,25-/m0/s1. The number of hydrogen-bond acceptors (Lipinski definition) is 7. The quantitative estimate of drug-likeness (QED) is 0.245. The number of hydrogen-bond donors (Lipinski definition) is 3. The lowest BCUT2D eigenvalue weighted by atomic mass is 10.0. The molecule has 2 rings (SSSR count). The second-order valence-corrected chi connectivity index (χ2v) is 13.4. The molecule has 12 heteroatoms. The maximum absolute atomic E-state index is 13.8. The predicted molar refractivity (Wildman–Crippen MR) is 151 cm³/mol. The Hall–Kier alpha value is -1.99. The summed E-state index contributed by atoms with van der Waals surface area (Å²) in [5.41, 5.74) is 0.266. The maximum Gasteiger partial charge on any atom is 0.221 e. The maximum atomic E-state index is 13.8. The number of aliphatic hydroxyl groups is 1. The van der Waals surface area contributed by atoms with Gasteiger partial charge in [-0.3, -0.25) is 4.79 Å². The molecule has 1 aromatic heterocycles. The van der Waals surface area contributed by atoms with E-state index in [1.807, 2.05) is 13.8 Å². The molecule has 8 nitrogen and oxygen atoms in total. The van der Waals surface area contributed by atoms with Crippen LogP contribution in [-0.4, -0.2) is 66.3 Å². The monoisotopic (exact) mass is 588 g/mol. The SMILES string of the molecule is CCCN(CCC)S(=O)(=O)CCC(=O)N[C@@H](Cc1cc(F)cc(F)c1)[C@@H](O)CNCc1cnc(CC(C)C)s1. The minimum absolute atomic E-state index is 0.0348. The second kappa shape index (κ2) is 16.3. The van der Waals surface area contributed by atoms with Crippen molar-refractivity contribution in [2.75, 3.05) is 25.4 Å². The van der Waals surface area contributed by atoms with Crippen LogP contribution in [0.2, 0.25) is 0 Å². The fourth-order valence-electron chi connectivity index (χ4n) is 4.14. The fraction of sp³-hybridized carbons (Fsp3) is 0.630. The molecule has 3 N–H and O–H groups in total. The molecule has 220 valence electrons. The number of nitrogens with one attached hydrogen (secondary N) is 2. The van der Waals surface area contributed by atoms with E-state index < -0.39 is 39.7 Å². The molecule has 0 aliphatic rings. The summed E-state index contributed by atoms with van der Waals surface area (Å²) in [5, 5.41) is 17.8. The first-order valence-electron chi connectivity index (χ1n) is 13.5. The highest BCUT2D eigenvalue weighted by atomic mass is 32.2. The number of carbonyl (C=O) groups is 1. The zero-order chi connectivity index (χ0) is 29.0. The number of halogens is 2. The van der Waals surface area contributed by atoms with Crippen LogP contribution in [0.5, 0.6) is 0 Å². The van der Waals surface area contributed by atoms with Crippen molar-refractivity contribution in [2.24, 2.45) is 5.92 Å². The number of benzene rings is 1. The van der Waals surface area contributed by atoms with Gasteiger partial charge in [0.25, 0.3) is 0 Å². The van der Waals surface area contributed by atoms with E-state index in [0.29, 0.717) is 38.4 Å². The van der Waals surface area contributed by atoms with E-state index in [4.69, 9.17) is 0 Å². The second-order valence-electron chi connectivity index (χ2n) is 10.1. The van der Waals surface area contributed by atoms with Gasteiger partial charge in [-0.1, -0.05) is 27.7 Å².